The maximum atomic E-state index is 5.92. The Morgan fingerprint density at radius 2 is 1.88 bits per heavy atom. The van der Waals surface area contributed by atoms with Gasteiger partial charge in [-0.05, 0) is 38.5 Å². The number of rotatable bonds is 6. The quantitative estimate of drug-likeness (QED) is 0.610. The first-order chi connectivity index (χ1) is 11.5. The summed E-state index contributed by atoms with van der Waals surface area (Å²) in [5, 5.41) is 7.53. The van der Waals surface area contributed by atoms with Crippen LogP contribution in [0, 0.1) is 0 Å². The predicted molar refractivity (Wildman–Crippen MR) is 101 cm³/mol. The number of morpholine rings is 1. The summed E-state index contributed by atoms with van der Waals surface area (Å²) in [5.41, 5.74) is 1.20. The van der Waals surface area contributed by atoms with Crippen LogP contribution >= 0.6 is 11.6 Å². The van der Waals surface area contributed by atoms with E-state index < -0.39 is 0 Å². The minimum atomic E-state index is 0.0558. The lowest BCUT2D eigenvalue weighted by molar-refractivity contribution is -0.00834. The molecular formula is C18H29ClN4O. The van der Waals surface area contributed by atoms with E-state index >= 15 is 0 Å². The molecule has 1 saturated heterocycles. The van der Waals surface area contributed by atoms with Gasteiger partial charge in [0.05, 0.1) is 19.8 Å². The van der Waals surface area contributed by atoms with Gasteiger partial charge in [0.1, 0.15) is 0 Å². The number of nitrogens with one attached hydrogen (secondary N) is 2. The lowest BCUT2D eigenvalue weighted by atomic mass is 10.0. The molecule has 0 radical (unpaired) electrons. The normalized spacial score (nSPS) is 16.9. The highest BCUT2D eigenvalue weighted by atomic mass is 35.5. The second-order valence-corrected chi connectivity index (χ2v) is 7.02. The maximum Gasteiger partial charge on any atom is 0.191 e. The van der Waals surface area contributed by atoms with Crippen LogP contribution in [0.1, 0.15) is 26.3 Å². The van der Waals surface area contributed by atoms with Crippen LogP contribution in [-0.2, 0) is 11.3 Å². The molecular weight excluding hydrogens is 324 g/mol. The molecule has 0 atom stereocenters. The maximum absolute atomic E-state index is 5.92. The molecule has 0 unspecified atom stereocenters. The Morgan fingerprint density at radius 3 is 2.50 bits per heavy atom. The van der Waals surface area contributed by atoms with Gasteiger partial charge in [0, 0.05) is 36.7 Å². The van der Waals surface area contributed by atoms with E-state index in [4.69, 9.17) is 16.3 Å². The first kappa shape index (κ1) is 19.0. The van der Waals surface area contributed by atoms with Crippen LogP contribution in [0.4, 0.5) is 0 Å². The smallest absolute Gasteiger partial charge is 0.191 e. The van der Waals surface area contributed by atoms with E-state index in [0.717, 1.165) is 55.9 Å². The van der Waals surface area contributed by atoms with Gasteiger partial charge in [0.2, 0.25) is 0 Å². The van der Waals surface area contributed by atoms with E-state index in [0.29, 0.717) is 6.54 Å². The van der Waals surface area contributed by atoms with E-state index in [1.54, 1.807) is 0 Å². The van der Waals surface area contributed by atoms with E-state index in [-0.39, 0.29) is 5.54 Å². The highest BCUT2D eigenvalue weighted by Gasteiger charge is 2.28. The number of benzene rings is 1. The van der Waals surface area contributed by atoms with Gasteiger partial charge >= 0.3 is 0 Å². The number of nitrogens with zero attached hydrogens (tertiary/aromatic N) is 2. The molecule has 2 N–H and O–H groups in total. The molecule has 1 aliphatic rings. The third kappa shape index (κ3) is 5.96. The summed E-state index contributed by atoms with van der Waals surface area (Å²) < 4.78 is 5.45. The van der Waals surface area contributed by atoms with Crippen molar-refractivity contribution in [1.82, 2.24) is 15.5 Å². The number of hydrogen-bond acceptors (Lipinski definition) is 3. The average Bonchev–Trinajstić information content (AvgIpc) is 2.59. The summed E-state index contributed by atoms with van der Waals surface area (Å²) in [6, 6.07) is 7.81. The first-order valence-corrected chi connectivity index (χ1v) is 8.98. The van der Waals surface area contributed by atoms with Gasteiger partial charge in [-0.25, -0.2) is 4.99 Å². The minimum Gasteiger partial charge on any atom is -0.379 e. The van der Waals surface area contributed by atoms with Crippen LogP contribution < -0.4 is 10.6 Å². The van der Waals surface area contributed by atoms with Crippen molar-refractivity contribution in [3.63, 3.8) is 0 Å². The van der Waals surface area contributed by atoms with Gasteiger partial charge in [0.15, 0.2) is 5.96 Å². The topological polar surface area (TPSA) is 48.9 Å². The Labute approximate surface area is 150 Å². The number of halogens is 1. The fraction of sp³-hybridized carbons (Fsp3) is 0.611. The summed E-state index contributed by atoms with van der Waals surface area (Å²) in [6.45, 7) is 12.5. The van der Waals surface area contributed by atoms with E-state index in [9.17, 15) is 0 Å². The Kier molecular flexibility index (Phi) is 7.34. The molecule has 1 aromatic rings. The molecule has 1 heterocycles. The lowest BCUT2D eigenvalue weighted by Gasteiger charge is -2.41. The molecule has 6 heteroatoms. The fourth-order valence-corrected chi connectivity index (χ4v) is 2.81. The zero-order valence-corrected chi connectivity index (χ0v) is 15.7. The molecule has 0 bridgehead atoms. The molecule has 1 fully saturated rings. The zero-order valence-electron chi connectivity index (χ0n) is 14.9. The van der Waals surface area contributed by atoms with Gasteiger partial charge in [-0.2, -0.15) is 0 Å². The van der Waals surface area contributed by atoms with Gasteiger partial charge in [-0.3, -0.25) is 4.90 Å². The van der Waals surface area contributed by atoms with Crippen molar-refractivity contribution in [1.29, 1.82) is 0 Å². The first-order valence-electron chi connectivity index (χ1n) is 8.60. The van der Waals surface area contributed by atoms with Crippen LogP contribution in [0.3, 0.4) is 0 Å². The monoisotopic (exact) mass is 352 g/mol. The Hall–Kier alpha value is -1.30. The Bertz CT molecular complexity index is 524. The second kappa shape index (κ2) is 9.25. The number of aliphatic imine (C=N–C) groups is 1. The van der Waals surface area contributed by atoms with E-state index in [1.807, 2.05) is 24.3 Å². The molecule has 134 valence electrons. The predicted octanol–water partition coefficient (Wildman–Crippen LogP) is 2.51. The van der Waals surface area contributed by atoms with Crippen LogP contribution in [0.15, 0.2) is 29.3 Å². The van der Waals surface area contributed by atoms with Crippen molar-refractivity contribution in [2.75, 3.05) is 39.4 Å². The molecule has 24 heavy (non-hydrogen) atoms. The van der Waals surface area contributed by atoms with Crippen molar-refractivity contribution < 1.29 is 4.74 Å². The lowest BCUT2D eigenvalue weighted by Crippen LogP contribution is -2.56. The van der Waals surface area contributed by atoms with Crippen molar-refractivity contribution in [2.24, 2.45) is 4.99 Å². The molecule has 1 aromatic carbocycles. The van der Waals surface area contributed by atoms with Crippen LogP contribution in [0.25, 0.3) is 0 Å². The molecule has 5 nitrogen and oxygen atoms in total. The molecule has 0 aliphatic carbocycles. The molecule has 0 spiro atoms. The van der Waals surface area contributed by atoms with Crippen LogP contribution in [-0.4, -0.2) is 55.8 Å². The average molecular weight is 353 g/mol. The summed E-state index contributed by atoms with van der Waals surface area (Å²) in [7, 11) is 0. The fourth-order valence-electron chi connectivity index (χ4n) is 2.68. The number of ether oxygens (including phenoxy) is 1. The highest BCUT2D eigenvalue weighted by molar-refractivity contribution is 6.30. The number of hydrogen-bond donors (Lipinski definition) is 2. The van der Waals surface area contributed by atoms with E-state index in [1.165, 1.54) is 0 Å². The van der Waals surface area contributed by atoms with Gasteiger partial charge in [-0.1, -0.05) is 23.7 Å². The van der Waals surface area contributed by atoms with E-state index in [2.05, 4.69) is 41.3 Å². The van der Waals surface area contributed by atoms with Crippen molar-refractivity contribution >= 4 is 17.6 Å². The van der Waals surface area contributed by atoms with Gasteiger partial charge < -0.3 is 15.4 Å². The van der Waals surface area contributed by atoms with Crippen molar-refractivity contribution in [3.8, 4) is 0 Å². The minimum absolute atomic E-state index is 0.0558. The van der Waals surface area contributed by atoms with Gasteiger partial charge in [0.25, 0.3) is 0 Å². The van der Waals surface area contributed by atoms with Crippen LogP contribution in [0.5, 0.6) is 0 Å². The largest absolute Gasteiger partial charge is 0.379 e. The molecule has 0 saturated carbocycles. The molecule has 1 aliphatic heterocycles. The SMILES string of the molecule is CCNC(=NCc1ccc(Cl)cc1)NCC(C)(C)N1CCOCC1. The molecule has 0 amide bonds. The molecule has 0 aromatic heterocycles. The summed E-state index contributed by atoms with van der Waals surface area (Å²) >= 11 is 5.92. The Morgan fingerprint density at radius 1 is 1.21 bits per heavy atom. The second-order valence-electron chi connectivity index (χ2n) is 6.59. The zero-order chi connectivity index (χ0) is 17.4. The van der Waals surface area contributed by atoms with Crippen LogP contribution in [0.2, 0.25) is 5.02 Å². The summed E-state index contributed by atoms with van der Waals surface area (Å²) in [6.07, 6.45) is 0. The summed E-state index contributed by atoms with van der Waals surface area (Å²) in [5.74, 6) is 0.841. The Balaban J connectivity index is 1.91. The van der Waals surface area contributed by atoms with Gasteiger partial charge in [-0.15, -0.1) is 0 Å². The van der Waals surface area contributed by atoms with Crippen molar-refractivity contribution in [2.45, 2.75) is 32.9 Å². The van der Waals surface area contributed by atoms with Crippen molar-refractivity contribution in [3.05, 3.63) is 34.9 Å². The summed E-state index contributed by atoms with van der Waals surface area (Å²) in [4.78, 5) is 7.13. The number of guanidine groups is 1. The highest BCUT2D eigenvalue weighted by Crippen LogP contribution is 2.15. The third-order valence-electron chi connectivity index (χ3n) is 4.23. The standard InChI is InChI=1S/C18H29ClN4O/c1-4-20-17(21-13-15-5-7-16(19)8-6-15)22-14-18(2,3)23-9-11-24-12-10-23/h5-8H,4,9-14H2,1-3H3,(H2,20,21,22). The third-order valence-corrected chi connectivity index (χ3v) is 4.48. The molecule has 2 rings (SSSR count).